The number of nitrogens with one attached hydrogen (secondary N) is 1. The van der Waals surface area contributed by atoms with Gasteiger partial charge in [-0.1, -0.05) is 42.5 Å². The molecule has 1 aliphatic carbocycles. The number of carbonyl (C=O) groups excluding carboxylic acids is 2. The summed E-state index contributed by atoms with van der Waals surface area (Å²) in [5, 5.41) is 0. The fourth-order valence-corrected chi connectivity index (χ4v) is 3.27. The van der Waals surface area contributed by atoms with Gasteiger partial charge in [0.05, 0.1) is 4.90 Å². The largest absolute Gasteiger partial charge is 0.289 e. The van der Waals surface area contributed by atoms with Gasteiger partial charge in [-0.05, 0) is 12.1 Å². The van der Waals surface area contributed by atoms with Crippen LogP contribution in [0.25, 0.3) is 0 Å². The van der Waals surface area contributed by atoms with Crippen molar-refractivity contribution in [3.8, 4) is 0 Å². The van der Waals surface area contributed by atoms with Crippen LogP contribution in [0.5, 0.6) is 0 Å². The molecule has 0 fully saturated rings. The van der Waals surface area contributed by atoms with Crippen LogP contribution in [0.2, 0.25) is 0 Å². The first kappa shape index (κ1) is 14.2. The summed E-state index contributed by atoms with van der Waals surface area (Å²) in [5.74, 6) is -0.921. The van der Waals surface area contributed by atoms with Gasteiger partial charge in [0.2, 0.25) is 5.78 Å². The molecular weight excluding hydrogens is 302 g/mol. The molecule has 6 heteroatoms. The highest BCUT2D eigenvalue weighted by atomic mass is 32.2. The molecule has 1 N–H and O–H groups in total. The fourth-order valence-electron chi connectivity index (χ4n) is 2.19. The van der Waals surface area contributed by atoms with E-state index >= 15 is 0 Å². The third-order valence-electron chi connectivity index (χ3n) is 3.26. The monoisotopic (exact) mass is 313 g/mol. The Morgan fingerprint density at radius 3 is 2.05 bits per heavy atom. The molecule has 3 rings (SSSR count). The molecule has 5 nitrogen and oxygen atoms in total. The third-order valence-corrected chi connectivity index (χ3v) is 4.64. The van der Waals surface area contributed by atoms with Crippen LogP contribution in [0.1, 0.15) is 20.7 Å². The minimum absolute atomic E-state index is 0.0232. The molecule has 0 atom stereocenters. The Morgan fingerprint density at radius 2 is 1.36 bits per heavy atom. The SMILES string of the molecule is O=C1C=C(NS(=O)(=O)c2ccccc2)C(=O)c2ccccc21. The van der Waals surface area contributed by atoms with E-state index in [4.69, 9.17) is 0 Å². The third kappa shape index (κ3) is 2.44. The number of sulfonamides is 1. The second-order valence-corrected chi connectivity index (χ2v) is 6.40. The van der Waals surface area contributed by atoms with E-state index in [1.165, 1.54) is 24.3 Å². The molecule has 0 unspecified atom stereocenters. The zero-order valence-corrected chi connectivity index (χ0v) is 12.1. The molecule has 1 aliphatic rings. The first-order valence-electron chi connectivity index (χ1n) is 6.47. The summed E-state index contributed by atoms with van der Waals surface area (Å²) >= 11 is 0. The summed E-state index contributed by atoms with van der Waals surface area (Å²) in [7, 11) is -3.91. The van der Waals surface area contributed by atoms with E-state index in [1.54, 1.807) is 30.3 Å². The number of benzene rings is 2. The van der Waals surface area contributed by atoms with Gasteiger partial charge in [-0.3, -0.25) is 14.3 Å². The van der Waals surface area contributed by atoms with Crippen molar-refractivity contribution >= 4 is 21.6 Å². The van der Waals surface area contributed by atoms with Crippen molar-refractivity contribution < 1.29 is 18.0 Å². The topological polar surface area (TPSA) is 80.3 Å². The van der Waals surface area contributed by atoms with E-state index in [-0.39, 0.29) is 21.7 Å². The molecule has 2 aromatic carbocycles. The van der Waals surface area contributed by atoms with Gasteiger partial charge >= 0.3 is 0 Å². The zero-order valence-electron chi connectivity index (χ0n) is 11.3. The zero-order chi connectivity index (χ0) is 15.7. The number of ketones is 2. The quantitative estimate of drug-likeness (QED) is 0.939. The van der Waals surface area contributed by atoms with Gasteiger partial charge in [-0.2, -0.15) is 0 Å². The van der Waals surface area contributed by atoms with E-state index in [2.05, 4.69) is 4.72 Å². The molecule has 0 radical (unpaired) electrons. The summed E-state index contributed by atoms with van der Waals surface area (Å²) in [6, 6.07) is 14.0. The first-order chi connectivity index (χ1) is 10.5. The standard InChI is InChI=1S/C16H11NO4S/c18-15-10-14(16(19)13-9-5-4-8-12(13)15)17-22(20,21)11-6-2-1-3-7-11/h1-10,17H. The van der Waals surface area contributed by atoms with E-state index in [0.717, 1.165) is 6.08 Å². The number of hydrogen-bond donors (Lipinski definition) is 1. The van der Waals surface area contributed by atoms with E-state index in [0.29, 0.717) is 0 Å². The maximum atomic E-state index is 12.3. The van der Waals surface area contributed by atoms with Gasteiger partial charge in [0.15, 0.2) is 5.78 Å². The molecule has 0 amide bonds. The van der Waals surface area contributed by atoms with Crippen LogP contribution in [0.15, 0.2) is 71.3 Å². The molecule has 0 saturated carbocycles. The van der Waals surface area contributed by atoms with Crippen molar-refractivity contribution in [2.45, 2.75) is 4.90 Å². The Bertz CT molecular complexity index is 899. The lowest BCUT2D eigenvalue weighted by Gasteiger charge is -2.16. The van der Waals surface area contributed by atoms with Gasteiger partial charge < -0.3 is 0 Å². The Labute approximate surface area is 127 Å². The second-order valence-electron chi connectivity index (χ2n) is 4.72. The summed E-state index contributed by atoms with van der Waals surface area (Å²) in [6.45, 7) is 0. The predicted molar refractivity (Wildman–Crippen MR) is 79.9 cm³/mol. The van der Waals surface area contributed by atoms with Gasteiger partial charge in [0.25, 0.3) is 10.0 Å². The lowest BCUT2D eigenvalue weighted by Crippen LogP contribution is -2.31. The normalized spacial score (nSPS) is 14.3. The van der Waals surface area contributed by atoms with Crippen molar-refractivity contribution in [2.75, 3.05) is 0 Å². The van der Waals surface area contributed by atoms with Crippen molar-refractivity contribution in [3.05, 3.63) is 77.5 Å². The van der Waals surface area contributed by atoms with E-state index in [1.807, 2.05) is 0 Å². The van der Waals surface area contributed by atoms with Crippen molar-refractivity contribution in [1.29, 1.82) is 0 Å². The molecular formula is C16H11NO4S. The van der Waals surface area contributed by atoms with Crippen molar-refractivity contribution in [3.63, 3.8) is 0 Å². The van der Waals surface area contributed by atoms with Crippen LogP contribution in [-0.2, 0) is 10.0 Å². The van der Waals surface area contributed by atoms with E-state index in [9.17, 15) is 18.0 Å². The highest BCUT2D eigenvalue weighted by Gasteiger charge is 2.28. The maximum absolute atomic E-state index is 12.3. The number of allylic oxidation sites excluding steroid dienone is 2. The first-order valence-corrected chi connectivity index (χ1v) is 7.95. The van der Waals surface area contributed by atoms with Crippen LogP contribution < -0.4 is 4.72 Å². The minimum atomic E-state index is -3.91. The number of hydrogen-bond acceptors (Lipinski definition) is 4. The van der Waals surface area contributed by atoms with Gasteiger partial charge in [-0.15, -0.1) is 0 Å². The highest BCUT2D eigenvalue weighted by Crippen LogP contribution is 2.21. The van der Waals surface area contributed by atoms with Crippen molar-refractivity contribution in [1.82, 2.24) is 4.72 Å². The number of carbonyl (C=O) groups is 2. The lowest BCUT2D eigenvalue weighted by molar-refractivity contribution is 0.0981. The molecule has 22 heavy (non-hydrogen) atoms. The van der Waals surface area contributed by atoms with Crippen LogP contribution in [-0.4, -0.2) is 20.0 Å². The molecule has 0 saturated heterocycles. The van der Waals surface area contributed by atoms with Crippen LogP contribution in [0, 0.1) is 0 Å². The maximum Gasteiger partial charge on any atom is 0.262 e. The Balaban J connectivity index is 1.98. The summed E-state index contributed by atoms with van der Waals surface area (Å²) in [5.41, 5.74) is 0.225. The van der Waals surface area contributed by atoms with Crippen molar-refractivity contribution in [2.24, 2.45) is 0 Å². The van der Waals surface area contributed by atoms with Crippen LogP contribution in [0.3, 0.4) is 0 Å². The van der Waals surface area contributed by atoms with Crippen LogP contribution >= 0.6 is 0 Å². The second kappa shape index (κ2) is 5.23. The number of Topliss-reactive ketones (excluding diaryl/α,β-unsaturated/α-hetero) is 1. The summed E-state index contributed by atoms with van der Waals surface area (Å²) in [6.07, 6.45) is 1.02. The molecule has 110 valence electrons. The molecule has 2 aromatic rings. The molecule has 0 bridgehead atoms. The number of fused-ring (bicyclic) bond motifs is 1. The fraction of sp³-hybridized carbons (Fsp3) is 0. The van der Waals surface area contributed by atoms with Gasteiger partial charge in [-0.25, -0.2) is 8.42 Å². The molecule has 0 heterocycles. The average molecular weight is 313 g/mol. The van der Waals surface area contributed by atoms with Gasteiger partial charge in [0.1, 0.15) is 5.70 Å². The summed E-state index contributed by atoms with van der Waals surface area (Å²) in [4.78, 5) is 24.3. The molecule has 0 aromatic heterocycles. The number of rotatable bonds is 3. The molecule has 0 spiro atoms. The minimum Gasteiger partial charge on any atom is -0.289 e. The molecule has 0 aliphatic heterocycles. The predicted octanol–water partition coefficient (Wildman–Crippen LogP) is 1.93. The van der Waals surface area contributed by atoms with Crippen LogP contribution in [0.4, 0.5) is 0 Å². The van der Waals surface area contributed by atoms with E-state index < -0.39 is 21.6 Å². The highest BCUT2D eigenvalue weighted by molar-refractivity contribution is 7.89. The Morgan fingerprint density at radius 1 is 0.773 bits per heavy atom. The summed E-state index contributed by atoms with van der Waals surface area (Å²) < 4.78 is 26.7. The smallest absolute Gasteiger partial charge is 0.262 e. The van der Waals surface area contributed by atoms with Gasteiger partial charge in [0, 0.05) is 17.2 Å². The Hall–Kier alpha value is -2.73. The lowest BCUT2D eigenvalue weighted by atomic mass is 9.93. The average Bonchev–Trinajstić information content (AvgIpc) is 2.53. The Kier molecular flexibility index (Phi) is 3.38.